The number of allylic oxidation sites excluding steroid dienone is 2. The number of amides is 1. The van der Waals surface area contributed by atoms with Crippen molar-refractivity contribution in [2.75, 3.05) is 26.7 Å². The molecule has 3 heterocycles. The molecule has 1 aromatic heterocycles. The number of nitrogens with zero attached hydrogens (tertiary/aromatic N) is 3. The normalized spacial score (nSPS) is 24.1. The Balaban J connectivity index is 1.56. The van der Waals surface area contributed by atoms with Crippen LogP contribution >= 0.6 is 0 Å². The lowest BCUT2D eigenvalue weighted by Gasteiger charge is -2.30. The third-order valence-corrected chi connectivity index (χ3v) is 7.41. The smallest absolute Gasteiger partial charge is 0.254 e. The zero-order valence-corrected chi connectivity index (χ0v) is 18.5. The Hall–Kier alpha value is -2.66. The molecule has 0 saturated carbocycles. The quantitative estimate of drug-likeness (QED) is 0.763. The van der Waals surface area contributed by atoms with E-state index < -0.39 is 0 Å². The second-order valence-corrected chi connectivity index (χ2v) is 9.20. The molecule has 1 aliphatic carbocycles. The number of carbonyl (C=O) groups is 1. The van der Waals surface area contributed by atoms with Gasteiger partial charge in [-0.25, -0.2) is 0 Å². The van der Waals surface area contributed by atoms with E-state index in [1.165, 1.54) is 0 Å². The van der Waals surface area contributed by atoms with Gasteiger partial charge in [0.1, 0.15) is 0 Å². The van der Waals surface area contributed by atoms with Crippen molar-refractivity contribution in [1.82, 2.24) is 14.4 Å². The summed E-state index contributed by atoms with van der Waals surface area (Å²) in [6.45, 7) is 5.50. The molecule has 5 heteroatoms. The summed E-state index contributed by atoms with van der Waals surface area (Å²) in [5, 5.41) is 1.07. The van der Waals surface area contributed by atoms with Crippen molar-refractivity contribution in [2.24, 2.45) is 5.92 Å². The highest BCUT2D eigenvalue weighted by atomic mass is 16.2. The Kier molecular flexibility index (Phi) is 5.30. The number of likely N-dealkylation sites (tertiary alicyclic amines) is 2. The maximum atomic E-state index is 13.5. The standard InChI is InChI=1S/C26H31N3O2/c1-3-28-24-9-8-20(26(31)29-15-12-19-6-4-5-7-23(19)29)16-22(24)21(17-25(28)30)18-10-13-27(2)14-11-18/h4-9,16-19,23H,3,10-15H2,1-2H3. The fraction of sp³-hybridized carbons (Fsp3) is 0.462. The second kappa shape index (κ2) is 8.12. The van der Waals surface area contributed by atoms with Crippen LogP contribution in [0.3, 0.4) is 0 Å². The molecule has 2 unspecified atom stereocenters. The van der Waals surface area contributed by atoms with E-state index in [4.69, 9.17) is 0 Å². The summed E-state index contributed by atoms with van der Waals surface area (Å²) in [4.78, 5) is 30.7. The SMILES string of the molecule is CCn1c(=O)cc(C2CCN(C)CC2)c2cc(C(=O)N3CCC4C=CC=CC43)ccc21. The van der Waals surface area contributed by atoms with E-state index in [9.17, 15) is 9.59 Å². The topological polar surface area (TPSA) is 45.6 Å². The summed E-state index contributed by atoms with van der Waals surface area (Å²) in [5.74, 6) is 0.887. The number of hydrogen-bond donors (Lipinski definition) is 0. The number of aromatic nitrogens is 1. The van der Waals surface area contributed by atoms with Gasteiger partial charge in [-0.3, -0.25) is 9.59 Å². The minimum atomic E-state index is 0.0597. The van der Waals surface area contributed by atoms with Crippen molar-refractivity contribution in [3.8, 4) is 0 Å². The van der Waals surface area contributed by atoms with Crippen molar-refractivity contribution in [2.45, 2.75) is 44.7 Å². The van der Waals surface area contributed by atoms with Crippen LogP contribution in [0.25, 0.3) is 10.9 Å². The van der Waals surface area contributed by atoms with Crippen LogP contribution in [0.4, 0.5) is 0 Å². The van der Waals surface area contributed by atoms with Crippen LogP contribution in [0.5, 0.6) is 0 Å². The van der Waals surface area contributed by atoms with Crippen LogP contribution in [-0.4, -0.2) is 53.0 Å². The van der Waals surface area contributed by atoms with Crippen LogP contribution in [-0.2, 0) is 6.54 Å². The highest BCUT2D eigenvalue weighted by Gasteiger charge is 2.35. The minimum absolute atomic E-state index is 0.0597. The van der Waals surface area contributed by atoms with Gasteiger partial charge in [0.25, 0.3) is 11.5 Å². The van der Waals surface area contributed by atoms with E-state index in [1.807, 2.05) is 46.7 Å². The van der Waals surface area contributed by atoms with E-state index >= 15 is 0 Å². The van der Waals surface area contributed by atoms with Crippen molar-refractivity contribution in [3.05, 3.63) is 70.1 Å². The Morgan fingerprint density at radius 2 is 1.81 bits per heavy atom. The van der Waals surface area contributed by atoms with Gasteiger partial charge >= 0.3 is 0 Å². The summed E-state index contributed by atoms with van der Waals surface area (Å²) >= 11 is 0. The zero-order chi connectivity index (χ0) is 21.5. The van der Waals surface area contributed by atoms with Gasteiger partial charge in [0.15, 0.2) is 0 Å². The first-order valence-electron chi connectivity index (χ1n) is 11.6. The van der Waals surface area contributed by atoms with E-state index in [2.05, 4.69) is 30.2 Å². The van der Waals surface area contributed by atoms with Crippen LogP contribution in [0.1, 0.15) is 48.0 Å². The van der Waals surface area contributed by atoms with Crippen LogP contribution in [0, 0.1) is 5.92 Å². The van der Waals surface area contributed by atoms with Gasteiger partial charge in [-0.1, -0.05) is 24.3 Å². The van der Waals surface area contributed by atoms with Gasteiger partial charge in [-0.2, -0.15) is 0 Å². The first kappa shape index (κ1) is 20.3. The molecular weight excluding hydrogens is 386 g/mol. The Labute approximate surface area is 183 Å². The second-order valence-electron chi connectivity index (χ2n) is 9.20. The number of fused-ring (bicyclic) bond motifs is 2. The fourth-order valence-corrected chi connectivity index (χ4v) is 5.61. The van der Waals surface area contributed by atoms with E-state index in [-0.39, 0.29) is 17.5 Å². The van der Waals surface area contributed by atoms with Crippen LogP contribution < -0.4 is 5.56 Å². The highest BCUT2D eigenvalue weighted by Crippen LogP contribution is 2.34. The van der Waals surface area contributed by atoms with Gasteiger partial charge in [-0.15, -0.1) is 0 Å². The molecule has 3 aliphatic rings. The average molecular weight is 418 g/mol. The molecule has 2 fully saturated rings. The van der Waals surface area contributed by atoms with Gasteiger partial charge in [-0.05, 0) is 76.0 Å². The van der Waals surface area contributed by atoms with Crippen molar-refractivity contribution >= 4 is 16.8 Å². The first-order valence-corrected chi connectivity index (χ1v) is 11.6. The number of carbonyl (C=O) groups excluding carboxylic acids is 1. The molecule has 2 aromatic rings. The predicted molar refractivity (Wildman–Crippen MR) is 125 cm³/mol. The van der Waals surface area contributed by atoms with Gasteiger partial charge < -0.3 is 14.4 Å². The van der Waals surface area contributed by atoms with E-state index in [0.717, 1.165) is 60.9 Å². The molecule has 162 valence electrons. The third-order valence-electron chi connectivity index (χ3n) is 7.41. The fourth-order valence-electron chi connectivity index (χ4n) is 5.61. The Morgan fingerprint density at radius 3 is 2.58 bits per heavy atom. The summed E-state index contributed by atoms with van der Waals surface area (Å²) < 4.78 is 1.82. The summed E-state index contributed by atoms with van der Waals surface area (Å²) in [6, 6.07) is 7.93. The van der Waals surface area contributed by atoms with Gasteiger partial charge in [0.05, 0.1) is 11.6 Å². The lowest BCUT2D eigenvalue weighted by atomic mass is 9.87. The molecule has 1 aromatic carbocycles. The number of hydrogen-bond acceptors (Lipinski definition) is 3. The monoisotopic (exact) mass is 417 g/mol. The molecule has 5 rings (SSSR count). The maximum absolute atomic E-state index is 13.5. The molecule has 31 heavy (non-hydrogen) atoms. The molecular formula is C26H31N3O2. The summed E-state index contributed by atoms with van der Waals surface area (Å²) in [5.41, 5.74) is 2.85. The van der Waals surface area contributed by atoms with Crippen molar-refractivity contribution < 1.29 is 4.79 Å². The van der Waals surface area contributed by atoms with E-state index in [1.54, 1.807) is 0 Å². The first-order chi connectivity index (χ1) is 15.1. The minimum Gasteiger partial charge on any atom is -0.332 e. The van der Waals surface area contributed by atoms with Crippen molar-refractivity contribution in [3.63, 3.8) is 0 Å². The molecule has 1 amide bonds. The molecule has 0 spiro atoms. The van der Waals surface area contributed by atoms with Crippen LogP contribution in [0.15, 0.2) is 53.4 Å². The Bertz CT molecular complexity index is 1120. The summed E-state index contributed by atoms with van der Waals surface area (Å²) in [6.07, 6.45) is 11.6. The lowest BCUT2D eigenvalue weighted by molar-refractivity contribution is 0.0754. The van der Waals surface area contributed by atoms with Crippen LogP contribution in [0.2, 0.25) is 0 Å². The molecule has 0 bridgehead atoms. The maximum Gasteiger partial charge on any atom is 0.254 e. The molecule has 0 N–H and O–H groups in total. The number of rotatable bonds is 3. The zero-order valence-electron chi connectivity index (χ0n) is 18.5. The summed E-state index contributed by atoms with van der Waals surface area (Å²) in [7, 11) is 2.15. The number of piperidine rings is 1. The lowest BCUT2D eigenvalue weighted by Crippen LogP contribution is -2.37. The van der Waals surface area contributed by atoms with Crippen molar-refractivity contribution in [1.29, 1.82) is 0 Å². The molecule has 2 saturated heterocycles. The molecule has 0 radical (unpaired) electrons. The predicted octanol–water partition coefficient (Wildman–Crippen LogP) is 3.79. The van der Waals surface area contributed by atoms with E-state index in [0.29, 0.717) is 18.4 Å². The number of pyridine rings is 1. The number of aryl methyl sites for hydroxylation is 1. The number of benzene rings is 1. The molecule has 5 nitrogen and oxygen atoms in total. The third kappa shape index (κ3) is 3.55. The highest BCUT2D eigenvalue weighted by molar-refractivity contribution is 5.99. The average Bonchev–Trinajstić information content (AvgIpc) is 3.22. The van der Waals surface area contributed by atoms with Gasteiger partial charge in [0.2, 0.25) is 0 Å². The van der Waals surface area contributed by atoms with Gasteiger partial charge in [0, 0.05) is 36.0 Å². The molecule has 2 aliphatic heterocycles. The Morgan fingerprint density at radius 1 is 1.03 bits per heavy atom. The molecule has 2 atom stereocenters. The largest absolute Gasteiger partial charge is 0.332 e.